The molecule has 3 rings (SSSR count). The number of ether oxygens (including phenoxy) is 1. The van der Waals surface area contributed by atoms with Crippen molar-refractivity contribution in [2.75, 3.05) is 12.8 Å². The quantitative estimate of drug-likeness (QED) is 0.921. The van der Waals surface area contributed by atoms with E-state index >= 15 is 0 Å². The molecule has 0 saturated carbocycles. The molecule has 0 bridgehead atoms. The Kier molecular flexibility index (Phi) is 3.33. The van der Waals surface area contributed by atoms with Crippen LogP contribution < -0.4 is 10.5 Å². The zero-order chi connectivity index (χ0) is 14.1. The summed E-state index contributed by atoms with van der Waals surface area (Å²) in [6, 6.07) is 8.00. The largest absolute Gasteiger partial charge is 0.495 e. The molecule has 1 aliphatic rings. The third kappa shape index (κ3) is 2.23. The Balaban J connectivity index is 1.90. The van der Waals surface area contributed by atoms with Gasteiger partial charge in [0.05, 0.1) is 18.4 Å². The summed E-state index contributed by atoms with van der Waals surface area (Å²) in [4.78, 5) is 5.66. The Bertz CT molecular complexity index is 687. The van der Waals surface area contributed by atoms with Crippen LogP contribution in [0.3, 0.4) is 0 Å². The number of anilines is 1. The number of hydrogen-bond donors (Lipinski definition) is 1. The SMILES string of the molecule is COc1cc(C2CCc3nc(N)sc3C2)ccc1C#N. The van der Waals surface area contributed by atoms with Crippen LogP contribution in [-0.4, -0.2) is 12.1 Å². The molecule has 1 aromatic carbocycles. The zero-order valence-electron chi connectivity index (χ0n) is 11.2. The van der Waals surface area contributed by atoms with Gasteiger partial charge in [0, 0.05) is 4.88 Å². The lowest BCUT2D eigenvalue weighted by Crippen LogP contribution is -2.11. The van der Waals surface area contributed by atoms with Crippen molar-refractivity contribution in [3.05, 3.63) is 39.9 Å². The Labute approximate surface area is 121 Å². The zero-order valence-corrected chi connectivity index (χ0v) is 12.0. The Hall–Kier alpha value is -2.06. The van der Waals surface area contributed by atoms with Crippen LogP contribution in [0.4, 0.5) is 5.13 Å². The lowest BCUT2D eigenvalue weighted by atomic mass is 9.85. The summed E-state index contributed by atoms with van der Waals surface area (Å²) in [5.41, 5.74) is 8.73. The van der Waals surface area contributed by atoms with Crippen LogP contribution in [0.2, 0.25) is 0 Å². The van der Waals surface area contributed by atoms with Gasteiger partial charge in [0.15, 0.2) is 5.13 Å². The first-order chi connectivity index (χ1) is 9.71. The molecule has 2 aromatic rings. The molecule has 0 spiro atoms. The molecule has 1 aromatic heterocycles. The van der Waals surface area contributed by atoms with Crippen molar-refractivity contribution >= 4 is 16.5 Å². The highest BCUT2D eigenvalue weighted by Gasteiger charge is 2.24. The third-order valence-electron chi connectivity index (χ3n) is 3.77. The van der Waals surface area contributed by atoms with E-state index in [0.717, 1.165) is 25.0 Å². The second kappa shape index (κ2) is 5.14. The fourth-order valence-corrected chi connectivity index (χ4v) is 3.69. The lowest BCUT2D eigenvalue weighted by Gasteiger charge is -2.22. The highest BCUT2D eigenvalue weighted by atomic mass is 32.1. The summed E-state index contributed by atoms with van der Waals surface area (Å²) in [6.07, 6.45) is 3.00. The fraction of sp³-hybridized carbons (Fsp3) is 0.333. The molecule has 2 N–H and O–H groups in total. The number of nitrogens with two attached hydrogens (primary N) is 1. The standard InChI is InChI=1S/C15H15N3OS/c1-19-13-6-9(2-3-11(13)8-16)10-4-5-12-14(7-10)20-15(17)18-12/h2-3,6,10H,4-5,7H2,1H3,(H2,17,18). The molecule has 102 valence electrons. The predicted molar refractivity (Wildman–Crippen MR) is 79.0 cm³/mol. The molecule has 0 saturated heterocycles. The Morgan fingerprint density at radius 1 is 1.50 bits per heavy atom. The second-order valence-corrected chi connectivity index (χ2v) is 6.05. The molecular weight excluding hydrogens is 270 g/mol. The normalized spacial score (nSPS) is 17.3. The van der Waals surface area contributed by atoms with E-state index in [1.54, 1.807) is 18.4 Å². The molecule has 1 atom stereocenters. The molecule has 1 aliphatic carbocycles. The first-order valence-corrected chi connectivity index (χ1v) is 7.35. The van der Waals surface area contributed by atoms with E-state index in [0.29, 0.717) is 22.4 Å². The number of fused-ring (bicyclic) bond motifs is 1. The number of thiazole rings is 1. The lowest BCUT2D eigenvalue weighted by molar-refractivity contribution is 0.412. The van der Waals surface area contributed by atoms with Crippen molar-refractivity contribution in [2.45, 2.75) is 25.2 Å². The number of methoxy groups -OCH3 is 1. The van der Waals surface area contributed by atoms with Gasteiger partial charge in [-0.2, -0.15) is 5.26 Å². The average Bonchev–Trinajstić information content (AvgIpc) is 2.85. The van der Waals surface area contributed by atoms with Crippen molar-refractivity contribution in [3.63, 3.8) is 0 Å². The number of nitriles is 1. The number of nitrogens with zero attached hydrogens (tertiary/aromatic N) is 2. The fourth-order valence-electron chi connectivity index (χ4n) is 2.73. The monoisotopic (exact) mass is 285 g/mol. The van der Waals surface area contributed by atoms with Gasteiger partial charge in [-0.05, 0) is 42.9 Å². The van der Waals surface area contributed by atoms with Gasteiger partial charge in [0.2, 0.25) is 0 Å². The smallest absolute Gasteiger partial charge is 0.180 e. The first kappa shape index (κ1) is 12.9. The van der Waals surface area contributed by atoms with Gasteiger partial charge in [-0.3, -0.25) is 0 Å². The molecule has 5 heteroatoms. The van der Waals surface area contributed by atoms with Crippen LogP contribution in [0.1, 0.15) is 34.0 Å². The van der Waals surface area contributed by atoms with E-state index in [1.807, 2.05) is 18.2 Å². The Morgan fingerprint density at radius 2 is 2.35 bits per heavy atom. The molecule has 0 aliphatic heterocycles. The molecule has 0 radical (unpaired) electrons. The molecule has 20 heavy (non-hydrogen) atoms. The van der Waals surface area contributed by atoms with E-state index in [9.17, 15) is 0 Å². The summed E-state index contributed by atoms with van der Waals surface area (Å²) in [5.74, 6) is 1.10. The molecule has 1 unspecified atom stereocenters. The minimum absolute atomic E-state index is 0.448. The minimum Gasteiger partial charge on any atom is -0.495 e. The van der Waals surface area contributed by atoms with Crippen molar-refractivity contribution in [1.82, 2.24) is 4.98 Å². The first-order valence-electron chi connectivity index (χ1n) is 6.53. The van der Waals surface area contributed by atoms with Crippen LogP contribution in [0, 0.1) is 11.3 Å². The van der Waals surface area contributed by atoms with Gasteiger partial charge in [-0.25, -0.2) is 4.98 Å². The maximum Gasteiger partial charge on any atom is 0.180 e. The summed E-state index contributed by atoms with van der Waals surface area (Å²) >= 11 is 1.59. The summed E-state index contributed by atoms with van der Waals surface area (Å²) < 4.78 is 5.29. The van der Waals surface area contributed by atoms with Crippen molar-refractivity contribution in [3.8, 4) is 11.8 Å². The van der Waals surface area contributed by atoms with Gasteiger partial charge in [-0.15, -0.1) is 11.3 Å². The highest BCUT2D eigenvalue weighted by molar-refractivity contribution is 7.15. The summed E-state index contributed by atoms with van der Waals surface area (Å²) in [6.45, 7) is 0. The van der Waals surface area contributed by atoms with Gasteiger partial charge >= 0.3 is 0 Å². The topological polar surface area (TPSA) is 71.9 Å². The van der Waals surface area contributed by atoms with Gasteiger partial charge in [0.1, 0.15) is 11.8 Å². The van der Waals surface area contributed by atoms with Crippen molar-refractivity contribution < 1.29 is 4.74 Å². The molecule has 4 nitrogen and oxygen atoms in total. The summed E-state index contributed by atoms with van der Waals surface area (Å²) in [5, 5.41) is 9.69. The van der Waals surface area contributed by atoms with Crippen molar-refractivity contribution in [1.29, 1.82) is 5.26 Å². The number of aromatic nitrogens is 1. The van der Waals surface area contributed by atoms with Crippen LogP contribution in [0.15, 0.2) is 18.2 Å². The number of aryl methyl sites for hydroxylation is 1. The molecular formula is C15H15N3OS. The van der Waals surface area contributed by atoms with Gasteiger partial charge in [0.25, 0.3) is 0 Å². The van der Waals surface area contributed by atoms with E-state index in [1.165, 1.54) is 10.4 Å². The van der Waals surface area contributed by atoms with Gasteiger partial charge < -0.3 is 10.5 Å². The number of nitrogen functional groups attached to an aromatic ring is 1. The number of hydrogen-bond acceptors (Lipinski definition) is 5. The van der Waals surface area contributed by atoms with Crippen LogP contribution in [-0.2, 0) is 12.8 Å². The Morgan fingerprint density at radius 3 is 3.10 bits per heavy atom. The molecule has 0 amide bonds. The van der Waals surface area contributed by atoms with Gasteiger partial charge in [-0.1, -0.05) is 6.07 Å². The maximum absolute atomic E-state index is 9.03. The van der Waals surface area contributed by atoms with E-state index < -0.39 is 0 Å². The number of benzene rings is 1. The highest BCUT2D eigenvalue weighted by Crippen LogP contribution is 2.37. The molecule has 0 fully saturated rings. The predicted octanol–water partition coefficient (Wildman–Crippen LogP) is 2.88. The van der Waals surface area contributed by atoms with E-state index in [4.69, 9.17) is 15.7 Å². The second-order valence-electron chi connectivity index (χ2n) is 4.93. The average molecular weight is 285 g/mol. The van der Waals surface area contributed by atoms with Crippen LogP contribution in [0.5, 0.6) is 5.75 Å². The minimum atomic E-state index is 0.448. The number of rotatable bonds is 2. The van der Waals surface area contributed by atoms with E-state index in [-0.39, 0.29) is 0 Å². The summed E-state index contributed by atoms with van der Waals surface area (Å²) in [7, 11) is 1.60. The molecule has 1 heterocycles. The van der Waals surface area contributed by atoms with Crippen LogP contribution in [0.25, 0.3) is 0 Å². The van der Waals surface area contributed by atoms with Crippen LogP contribution >= 0.6 is 11.3 Å². The third-order valence-corrected chi connectivity index (χ3v) is 4.72. The van der Waals surface area contributed by atoms with Crippen molar-refractivity contribution in [2.24, 2.45) is 0 Å². The van der Waals surface area contributed by atoms with E-state index in [2.05, 4.69) is 11.1 Å². The maximum atomic E-state index is 9.03.